The lowest BCUT2D eigenvalue weighted by Gasteiger charge is -2.21. The molecule has 0 aromatic rings. The van der Waals surface area contributed by atoms with E-state index in [4.69, 9.17) is 10.5 Å². The summed E-state index contributed by atoms with van der Waals surface area (Å²) < 4.78 is 5.22. The molecule has 4 nitrogen and oxygen atoms in total. The van der Waals surface area contributed by atoms with Gasteiger partial charge in [-0.05, 0) is 58.9 Å². The number of alkyl carbamates (subject to hydrolysis) is 1. The molecule has 1 saturated carbocycles. The Hall–Kier alpha value is -0.770. The van der Waals surface area contributed by atoms with Crippen molar-refractivity contribution < 1.29 is 9.53 Å². The zero-order valence-electron chi connectivity index (χ0n) is 10.6. The maximum absolute atomic E-state index is 11.5. The normalized spacial score (nSPS) is 25.5. The minimum Gasteiger partial charge on any atom is -0.444 e. The molecule has 1 fully saturated rings. The van der Waals surface area contributed by atoms with Crippen molar-refractivity contribution >= 4 is 6.09 Å². The molecule has 2 atom stereocenters. The summed E-state index contributed by atoms with van der Waals surface area (Å²) in [6.07, 6.45) is 4.01. The molecule has 0 bridgehead atoms. The van der Waals surface area contributed by atoms with Crippen LogP contribution in [0.5, 0.6) is 0 Å². The molecule has 1 aliphatic rings. The van der Waals surface area contributed by atoms with E-state index in [9.17, 15) is 4.79 Å². The van der Waals surface area contributed by atoms with Crippen molar-refractivity contribution in [2.45, 2.75) is 58.1 Å². The van der Waals surface area contributed by atoms with Crippen molar-refractivity contribution in [3.05, 3.63) is 0 Å². The van der Waals surface area contributed by atoms with Crippen molar-refractivity contribution in [3.63, 3.8) is 0 Å². The third-order valence-corrected chi connectivity index (χ3v) is 2.84. The summed E-state index contributed by atoms with van der Waals surface area (Å²) in [4.78, 5) is 11.5. The van der Waals surface area contributed by atoms with Gasteiger partial charge in [0, 0.05) is 6.04 Å². The minimum atomic E-state index is -0.417. The van der Waals surface area contributed by atoms with Gasteiger partial charge in [0.2, 0.25) is 0 Å². The summed E-state index contributed by atoms with van der Waals surface area (Å²) in [5.41, 5.74) is 5.11. The molecule has 4 heteroatoms. The van der Waals surface area contributed by atoms with Gasteiger partial charge in [0.25, 0.3) is 0 Å². The summed E-state index contributed by atoms with van der Waals surface area (Å²) in [6, 6.07) is 0.270. The number of amides is 1. The van der Waals surface area contributed by atoms with Crippen LogP contribution in [0.2, 0.25) is 0 Å². The Morgan fingerprint density at radius 2 is 2.12 bits per heavy atom. The van der Waals surface area contributed by atoms with Crippen molar-refractivity contribution in [1.29, 1.82) is 0 Å². The first-order valence-electron chi connectivity index (χ1n) is 6.10. The van der Waals surface area contributed by atoms with Gasteiger partial charge in [-0.25, -0.2) is 4.79 Å². The molecule has 0 aromatic heterocycles. The van der Waals surface area contributed by atoms with Gasteiger partial charge in [-0.15, -0.1) is 0 Å². The molecule has 94 valence electrons. The Bertz CT molecular complexity index is 236. The highest BCUT2D eigenvalue weighted by Crippen LogP contribution is 2.27. The van der Waals surface area contributed by atoms with Gasteiger partial charge in [-0.1, -0.05) is 0 Å². The largest absolute Gasteiger partial charge is 0.444 e. The van der Waals surface area contributed by atoms with Crippen LogP contribution in [-0.4, -0.2) is 24.3 Å². The van der Waals surface area contributed by atoms with Crippen LogP contribution in [0.15, 0.2) is 0 Å². The lowest BCUT2D eigenvalue weighted by molar-refractivity contribution is 0.0504. The van der Waals surface area contributed by atoms with E-state index in [1.807, 2.05) is 20.8 Å². The van der Waals surface area contributed by atoms with Gasteiger partial charge in [0.15, 0.2) is 0 Å². The van der Waals surface area contributed by atoms with E-state index in [1.54, 1.807) is 0 Å². The van der Waals surface area contributed by atoms with E-state index in [2.05, 4.69) is 5.32 Å². The van der Waals surface area contributed by atoms with Gasteiger partial charge in [-0.3, -0.25) is 0 Å². The third-order valence-electron chi connectivity index (χ3n) is 2.84. The van der Waals surface area contributed by atoms with Crippen LogP contribution in [0.3, 0.4) is 0 Å². The van der Waals surface area contributed by atoms with Crippen molar-refractivity contribution in [2.24, 2.45) is 11.7 Å². The molecule has 16 heavy (non-hydrogen) atoms. The van der Waals surface area contributed by atoms with E-state index < -0.39 is 5.60 Å². The standard InChI is InChI=1S/C12H24N2O2/c1-12(2,3)16-11(15)14-10-5-4-9(8-10)6-7-13/h9-10H,4-8,13H2,1-3H3,(H,14,15)/t9-,10-/m1/s1. The van der Waals surface area contributed by atoms with E-state index in [-0.39, 0.29) is 12.1 Å². The molecule has 0 aromatic carbocycles. The van der Waals surface area contributed by atoms with Crippen molar-refractivity contribution in [2.75, 3.05) is 6.54 Å². The van der Waals surface area contributed by atoms with E-state index in [1.165, 1.54) is 0 Å². The smallest absolute Gasteiger partial charge is 0.407 e. The zero-order chi connectivity index (χ0) is 12.2. The maximum atomic E-state index is 11.5. The number of carbonyl (C=O) groups is 1. The summed E-state index contributed by atoms with van der Waals surface area (Å²) in [5.74, 6) is 0.671. The van der Waals surface area contributed by atoms with Crippen LogP contribution in [0.25, 0.3) is 0 Å². The third kappa shape index (κ3) is 4.84. The Labute approximate surface area is 97.9 Å². The minimum absolute atomic E-state index is 0.270. The van der Waals surface area contributed by atoms with Gasteiger partial charge in [0.05, 0.1) is 0 Å². The van der Waals surface area contributed by atoms with Gasteiger partial charge < -0.3 is 15.8 Å². The number of carbonyl (C=O) groups excluding carboxylic acids is 1. The molecular weight excluding hydrogens is 204 g/mol. The number of nitrogens with one attached hydrogen (secondary N) is 1. The Morgan fingerprint density at radius 3 is 2.69 bits per heavy atom. The van der Waals surface area contributed by atoms with Crippen molar-refractivity contribution in [3.8, 4) is 0 Å². The number of hydrogen-bond acceptors (Lipinski definition) is 3. The molecule has 1 amide bonds. The number of ether oxygens (including phenoxy) is 1. The van der Waals surface area contributed by atoms with Crippen LogP contribution >= 0.6 is 0 Å². The van der Waals surface area contributed by atoms with E-state index in [0.29, 0.717) is 5.92 Å². The fourth-order valence-corrected chi connectivity index (χ4v) is 2.18. The predicted molar refractivity (Wildman–Crippen MR) is 64.2 cm³/mol. The average molecular weight is 228 g/mol. The van der Waals surface area contributed by atoms with Crippen LogP contribution in [0.4, 0.5) is 4.79 Å². The van der Waals surface area contributed by atoms with Crippen LogP contribution in [0, 0.1) is 5.92 Å². The quantitative estimate of drug-likeness (QED) is 0.776. The van der Waals surface area contributed by atoms with Gasteiger partial charge in [0.1, 0.15) is 5.60 Å². The van der Waals surface area contributed by atoms with Gasteiger partial charge >= 0.3 is 6.09 Å². The molecule has 1 aliphatic carbocycles. The highest BCUT2D eigenvalue weighted by atomic mass is 16.6. The monoisotopic (exact) mass is 228 g/mol. The molecule has 0 radical (unpaired) electrons. The summed E-state index contributed by atoms with van der Waals surface area (Å²) in [5, 5.41) is 2.92. The van der Waals surface area contributed by atoms with E-state index in [0.717, 1.165) is 32.2 Å². The molecule has 0 spiro atoms. The van der Waals surface area contributed by atoms with Crippen LogP contribution in [-0.2, 0) is 4.74 Å². The molecule has 0 unspecified atom stereocenters. The molecule has 3 N–H and O–H groups in total. The summed E-state index contributed by atoms with van der Waals surface area (Å²) >= 11 is 0. The fourth-order valence-electron chi connectivity index (χ4n) is 2.18. The molecule has 1 rings (SSSR count). The predicted octanol–water partition coefficient (Wildman–Crippen LogP) is 2.03. The van der Waals surface area contributed by atoms with E-state index >= 15 is 0 Å². The second-order valence-corrected chi connectivity index (χ2v) is 5.60. The average Bonchev–Trinajstić information content (AvgIpc) is 2.49. The molecular formula is C12H24N2O2. The lowest BCUT2D eigenvalue weighted by Crippen LogP contribution is -2.38. The summed E-state index contributed by atoms with van der Waals surface area (Å²) in [6.45, 7) is 6.36. The maximum Gasteiger partial charge on any atom is 0.407 e. The molecule has 0 aliphatic heterocycles. The Kier molecular flexibility index (Phi) is 4.59. The summed E-state index contributed by atoms with van der Waals surface area (Å²) in [7, 11) is 0. The zero-order valence-corrected chi connectivity index (χ0v) is 10.6. The van der Waals surface area contributed by atoms with Crippen LogP contribution in [0.1, 0.15) is 46.5 Å². The highest BCUT2D eigenvalue weighted by Gasteiger charge is 2.26. The molecule has 0 heterocycles. The Morgan fingerprint density at radius 1 is 1.44 bits per heavy atom. The first-order valence-corrected chi connectivity index (χ1v) is 6.10. The first-order chi connectivity index (χ1) is 7.40. The second-order valence-electron chi connectivity index (χ2n) is 5.60. The topological polar surface area (TPSA) is 64.3 Å². The first kappa shape index (κ1) is 13.3. The number of hydrogen-bond donors (Lipinski definition) is 2. The Balaban J connectivity index is 2.26. The number of rotatable bonds is 3. The van der Waals surface area contributed by atoms with Crippen LogP contribution < -0.4 is 11.1 Å². The second kappa shape index (κ2) is 5.53. The van der Waals surface area contributed by atoms with Gasteiger partial charge in [-0.2, -0.15) is 0 Å². The lowest BCUT2D eigenvalue weighted by atomic mass is 10.0. The fraction of sp³-hybridized carbons (Fsp3) is 0.917. The molecule has 0 saturated heterocycles. The number of nitrogens with two attached hydrogens (primary N) is 1. The SMILES string of the molecule is CC(C)(C)OC(=O)N[C@@H]1CC[C@H](CCN)C1. The van der Waals surface area contributed by atoms with Crippen molar-refractivity contribution in [1.82, 2.24) is 5.32 Å². The highest BCUT2D eigenvalue weighted by molar-refractivity contribution is 5.68.